The lowest BCUT2D eigenvalue weighted by Crippen LogP contribution is -2.22. The Bertz CT molecular complexity index is 422. The second-order valence-electron chi connectivity index (χ2n) is 3.06. The van der Waals surface area contributed by atoms with Gasteiger partial charge < -0.3 is 5.73 Å². The fourth-order valence-corrected chi connectivity index (χ4v) is 2.60. The molecule has 2 rings (SSSR count). The number of hydrogen-bond donors (Lipinski definition) is 1. The zero-order valence-electron chi connectivity index (χ0n) is 7.92. The van der Waals surface area contributed by atoms with Crippen LogP contribution in [0, 0.1) is 0 Å². The molecule has 0 bridgehead atoms. The molecule has 0 radical (unpaired) electrons. The van der Waals surface area contributed by atoms with Gasteiger partial charge in [-0.2, -0.15) is 0 Å². The van der Waals surface area contributed by atoms with E-state index in [4.69, 9.17) is 5.73 Å². The molecule has 0 amide bonds. The second kappa shape index (κ2) is 4.65. The van der Waals surface area contributed by atoms with Crippen LogP contribution in [-0.2, 0) is 11.2 Å². The van der Waals surface area contributed by atoms with Crippen LogP contribution in [-0.4, -0.2) is 10.8 Å². The molecule has 0 aliphatic carbocycles. The van der Waals surface area contributed by atoms with E-state index in [0.717, 1.165) is 9.88 Å². The molecule has 0 spiro atoms. The molecule has 0 saturated carbocycles. The first kappa shape index (κ1) is 10.5. The number of rotatable bonds is 4. The number of thiazole rings is 1. The lowest BCUT2D eigenvalue weighted by Gasteiger charge is -2.06. The van der Waals surface area contributed by atoms with Gasteiger partial charge in [-0.1, -0.05) is 6.07 Å². The van der Waals surface area contributed by atoms with Gasteiger partial charge in [0.05, 0.1) is 17.5 Å². The minimum Gasteiger partial charge on any atom is -0.317 e. The van der Waals surface area contributed by atoms with Gasteiger partial charge in [0.15, 0.2) is 5.78 Å². The number of nitrogens with zero attached hydrogens (tertiary/aromatic N) is 1. The van der Waals surface area contributed by atoms with E-state index in [1.807, 2.05) is 22.9 Å². The standard InChI is InChI=1S/C10H10N2OS2/c11-10(8-2-1-4-14-8)7(13)6-9-12-3-5-15-9/h1-5,10H,6,11H2. The van der Waals surface area contributed by atoms with Crippen molar-refractivity contribution in [3.05, 3.63) is 39.0 Å². The highest BCUT2D eigenvalue weighted by Gasteiger charge is 2.17. The van der Waals surface area contributed by atoms with E-state index < -0.39 is 6.04 Å². The molecule has 0 saturated heterocycles. The van der Waals surface area contributed by atoms with Crippen LogP contribution in [0.2, 0.25) is 0 Å². The molecule has 15 heavy (non-hydrogen) atoms. The minimum absolute atomic E-state index is 0.0207. The van der Waals surface area contributed by atoms with E-state index in [2.05, 4.69) is 4.98 Å². The van der Waals surface area contributed by atoms with Crippen molar-refractivity contribution in [2.75, 3.05) is 0 Å². The lowest BCUT2D eigenvalue weighted by molar-refractivity contribution is -0.119. The van der Waals surface area contributed by atoms with E-state index in [9.17, 15) is 4.79 Å². The van der Waals surface area contributed by atoms with Crippen LogP contribution in [0.3, 0.4) is 0 Å². The summed E-state index contributed by atoms with van der Waals surface area (Å²) in [5, 5.41) is 4.61. The van der Waals surface area contributed by atoms with E-state index >= 15 is 0 Å². The molecule has 3 nitrogen and oxygen atoms in total. The summed E-state index contributed by atoms with van der Waals surface area (Å²) in [6.07, 6.45) is 2.03. The monoisotopic (exact) mass is 238 g/mol. The largest absolute Gasteiger partial charge is 0.317 e. The fraction of sp³-hybridized carbons (Fsp3) is 0.200. The summed E-state index contributed by atoms with van der Waals surface area (Å²) in [6.45, 7) is 0. The smallest absolute Gasteiger partial charge is 0.161 e. The summed E-state index contributed by atoms with van der Waals surface area (Å²) in [5.74, 6) is 0.0207. The molecule has 0 aromatic carbocycles. The molecule has 2 N–H and O–H groups in total. The zero-order chi connectivity index (χ0) is 10.7. The molecular formula is C10H10N2OS2. The highest BCUT2D eigenvalue weighted by Crippen LogP contribution is 2.19. The number of carbonyl (C=O) groups excluding carboxylic acids is 1. The maximum Gasteiger partial charge on any atom is 0.161 e. The minimum atomic E-state index is -0.506. The summed E-state index contributed by atoms with van der Waals surface area (Å²) in [7, 11) is 0. The fourth-order valence-electron chi connectivity index (χ4n) is 1.23. The summed E-state index contributed by atoms with van der Waals surface area (Å²) in [6, 6.07) is 3.28. The van der Waals surface area contributed by atoms with E-state index in [-0.39, 0.29) is 5.78 Å². The first-order chi connectivity index (χ1) is 7.27. The third-order valence-electron chi connectivity index (χ3n) is 2.01. The van der Waals surface area contributed by atoms with Crippen LogP contribution in [0.15, 0.2) is 29.1 Å². The Morgan fingerprint density at radius 2 is 2.33 bits per heavy atom. The molecule has 78 valence electrons. The molecule has 1 unspecified atom stereocenters. The normalized spacial score (nSPS) is 12.6. The van der Waals surface area contributed by atoms with E-state index in [0.29, 0.717) is 6.42 Å². The van der Waals surface area contributed by atoms with Gasteiger partial charge in [-0.05, 0) is 11.4 Å². The topological polar surface area (TPSA) is 56.0 Å². The average Bonchev–Trinajstić information content (AvgIpc) is 2.88. The first-order valence-corrected chi connectivity index (χ1v) is 6.23. The van der Waals surface area contributed by atoms with Crippen LogP contribution in [0.25, 0.3) is 0 Å². The number of hydrogen-bond acceptors (Lipinski definition) is 5. The van der Waals surface area contributed by atoms with Gasteiger partial charge in [0.25, 0.3) is 0 Å². The van der Waals surface area contributed by atoms with Gasteiger partial charge in [0.2, 0.25) is 0 Å². The average molecular weight is 238 g/mol. The summed E-state index contributed by atoms with van der Waals surface area (Å²) < 4.78 is 0. The van der Waals surface area contributed by atoms with Gasteiger partial charge in [0, 0.05) is 16.5 Å². The Labute approximate surface area is 95.6 Å². The molecule has 2 heterocycles. The second-order valence-corrected chi connectivity index (χ2v) is 5.02. The van der Waals surface area contributed by atoms with Crippen LogP contribution < -0.4 is 5.73 Å². The van der Waals surface area contributed by atoms with Gasteiger partial charge in [0.1, 0.15) is 0 Å². The van der Waals surface area contributed by atoms with Crippen molar-refractivity contribution < 1.29 is 4.79 Å². The Kier molecular flexibility index (Phi) is 3.25. The number of Topliss-reactive ketones (excluding diaryl/α,β-unsaturated/α-hetero) is 1. The van der Waals surface area contributed by atoms with Gasteiger partial charge in [-0.15, -0.1) is 22.7 Å². The molecule has 0 aliphatic rings. The molecule has 0 aliphatic heterocycles. The van der Waals surface area contributed by atoms with Gasteiger partial charge in [-0.3, -0.25) is 4.79 Å². The third-order valence-corrected chi connectivity index (χ3v) is 3.74. The third kappa shape index (κ3) is 2.50. The number of ketones is 1. The zero-order valence-corrected chi connectivity index (χ0v) is 9.55. The van der Waals surface area contributed by atoms with Crippen molar-refractivity contribution in [1.29, 1.82) is 0 Å². The molecule has 2 aromatic heterocycles. The predicted molar refractivity (Wildman–Crippen MR) is 62.1 cm³/mol. The molecular weight excluding hydrogens is 228 g/mol. The molecule has 0 fully saturated rings. The summed E-state index contributed by atoms with van der Waals surface area (Å²) in [4.78, 5) is 16.7. The van der Waals surface area contributed by atoms with Crippen LogP contribution in [0.1, 0.15) is 15.9 Å². The number of aromatic nitrogens is 1. The van der Waals surface area contributed by atoms with E-state index in [1.165, 1.54) is 22.7 Å². The quantitative estimate of drug-likeness (QED) is 0.886. The summed E-state index contributed by atoms with van der Waals surface area (Å²) in [5.41, 5.74) is 5.84. The van der Waals surface area contributed by atoms with Crippen molar-refractivity contribution in [3.63, 3.8) is 0 Å². The highest BCUT2D eigenvalue weighted by atomic mass is 32.1. The Balaban J connectivity index is 2.03. The Hall–Kier alpha value is -1.04. The van der Waals surface area contributed by atoms with Crippen molar-refractivity contribution in [2.45, 2.75) is 12.5 Å². The SMILES string of the molecule is NC(C(=O)Cc1nccs1)c1cccs1. The predicted octanol–water partition coefficient (Wildman–Crippen LogP) is 2.02. The first-order valence-electron chi connectivity index (χ1n) is 4.47. The lowest BCUT2D eigenvalue weighted by atomic mass is 10.1. The Morgan fingerprint density at radius 3 is 2.93 bits per heavy atom. The van der Waals surface area contributed by atoms with Crippen molar-refractivity contribution in [3.8, 4) is 0 Å². The van der Waals surface area contributed by atoms with Crippen molar-refractivity contribution in [1.82, 2.24) is 4.98 Å². The number of thiophene rings is 1. The molecule has 5 heteroatoms. The van der Waals surface area contributed by atoms with E-state index in [1.54, 1.807) is 6.20 Å². The Morgan fingerprint density at radius 1 is 1.47 bits per heavy atom. The molecule has 2 aromatic rings. The number of carbonyl (C=O) groups is 1. The van der Waals surface area contributed by atoms with Crippen molar-refractivity contribution >= 4 is 28.5 Å². The number of nitrogens with two attached hydrogens (primary N) is 1. The van der Waals surface area contributed by atoms with Crippen LogP contribution in [0.5, 0.6) is 0 Å². The van der Waals surface area contributed by atoms with Gasteiger partial charge in [-0.25, -0.2) is 4.98 Å². The van der Waals surface area contributed by atoms with Crippen molar-refractivity contribution in [2.24, 2.45) is 5.73 Å². The highest BCUT2D eigenvalue weighted by molar-refractivity contribution is 7.10. The van der Waals surface area contributed by atoms with Crippen LogP contribution in [0.4, 0.5) is 0 Å². The maximum absolute atomic E-state index is 11.8. The summed E-state index contributed by atoms with van der Waals surface area (Å²) >= 11 is 2.99. The van der Waals surface area contributed by atoms with Crippen LogP contribution >= 0.6 is 22.7 Å². The van der Waals surface area contributed by atoms with Gasteiger partial charge >= 0.3 is 0 Å². The molecule has 1 atom stereocenters. The maximum atomic E-state index is 11.8.